The molecular formula is C16H23N3O2. The van der Waals surface area contributed by atoms with Gasteiger partial charge in [0, 0.05) is 38.4 Å². The molecule has 1 aromatic heterocycles. The van der Waals surface area contributed by atoms with Gasteiger partial charge in [-0.05, 0) is 31.4 Å². The van der Waals surface area contributed by atoms with Gasteiger partial charge in [-0.1, -0.05) is 12.8 Å². The number of anilines is 1. The highest BCUT2D eigenvalue weighted by Crippen LogP contribution is 2.26. The summed E-state index contributed by atoms with van der Waals surface area (Å²) in [6.07, 6.45) is 6.92. The van der Waals surface area contributed by atoms with Crippen LogP contribution in [0.1, 0.15) is 41.6 Å². The molecule has 1 aromatic rings. The average Bonchev–Trinajstić information content (AvgIpc) is 3.01. The Kier molecular flexibility index (Phi) is 4.10. The van der Waals surface area contributed by atoms with Crippen LogP contribution in [-0.4, -0.2) is 53.2 Å². The molecule has 5 heteroatoms. The highest BCUT2D eigenvalue weighted by Gasteiger charge is 2.27. The fraction of sp³-hybridized carbons (Fsp3) is 0.625. The number of rotatable bonds is 3. The van der Waals surface area contributed by atoms with E-state index in [1.165, 1.54) is 31.9 Å². The van der Waals surface area contributed by atoms with Crippen molar-refractivity contribution in [2.75, 3.05) is 31.1 Å². The number of aromatic carboxylic acids is 1. The Hall–Kier alpha value is -1.62. The van der Waals surface area contributed by atoms with Gasteiger partial charge >= 0.3 is 5.97 Å². The van der Waals surface area contributed by atoms with E-state index in [1.54, 1.807) is 6.07 Å². The lowest BCUT2D eigenvalue weighted by molar-refractivity contribution is 0.0696. The normalized spacial score (nSPS) is 20.9. The van der Waals surface area contributed by atoms with Crippen molar-refractivity contribution in [2.24, 2.45) is 0 Å². The van der Waals surface area contributed by atoms with E-state index in [0.29, 0.717) is 0 Å². The number of aryl methyl sites for hydroxylation is 1. The third-order valence-corrected chi connectivity index (χ3v) is 4.75. The minimum atomic E-state index is -0.914. The van der Waals surface area contributed by atoms with E-state index >= 15 is 0 Å². The maximum absolute atomic E-state index is 11.0. The van der Waals surface area contributed by atoms with Crippen molar-refractivity contribution in [1.29, 1.82) is 0 Å². The van der Waals surface area contributed by atoms with E-state index < -0.39 is 5.97 Å². The largest absolute Gasteiger partial charge is 0.478 e. The fourth-order valence-electron chi connectivity index (χ4n) is 3.58. The van der Waals surface area contributed by atoms with Crippen LogP contribution in [0.25, 0.3) is 0 Å². The number of hydrogen-bond acceptors (Lipinski definition) is 4. The lowest BCUT2D eigenvalue weighted by atomic mass is 10.1. The predicted octanol–water partition coefficient (Wildman–Crippen LogP) is 2.15. The van der Waals surface area contributed by atoms with E-state index in [1.807, 2.05) is 6.92 Å². The smallest absolute Gasteiger partial charge is 0.337 e. The second kappa shape index (κ2) is 6.02. The number of pyridine rings is 1. The molecule has 3 rings (SSSR count). The molecule has 114 valence electrons. The summed E-state index contributed by atoms with van der Waals surface area (Å²) in [6.45, 7) is 6.09. The highest BCUT2D eigenvalue weighted by atomic mass is 16.4. The number of carboxylic acid groups (broad SMARTS) is 1. The molecule has 1 saturated carbocycles. The first-order valence-corrected chi connectivity index (χ1v) is 7.84. The maximum Gasteiger partial charge on any atom is 0.337 e. The Morgan fingerprint density at radius 3 is 2.48 bits per heavy atom. The molecule has 2 fully saturated rings. The van der Waals surface area contributed by atoms with E-state index in [9.17, 15) is 4.79 Å². The monoisotopic (exact) mass is 289 g/mol. The molecule has 1 aliphatic heterocycles. The van der Waals surface area contributed by atoms with Crippen LogP contribution in [-0.2, 0) is 0 Å². The first-order valence-electron chi connectivity index (χ1n) is 7.84. The number of piperazine rings is 1. The molecular weight excluding hydrogens is 266 g/mol. The van der Waals surface area contributed by atoms with Gasteiger partial charge in [0.15, 0.2) is 0 Å². The van der Waals surface area contributed by atoms with Gasteiger partial charge in [-0.25, -0.2) is 9.78 Å². The zero-order chi connectivity index (χ0) is 14.8. The SMILES string of the molecule is Cc1cc(C(=O)O)cnc1N1CCN(C2CCCC2)CC1. The van der Waals surface area contributed by atoms with Gasteiger partial charge in [-0.15, -0.1) is 0 Å². The number of carboxylic acids is 1. The Morgan fingerprint density at radius 2 is 1.90 bits per heavy atom. The molecule has 1 saturated heterocycles. The molecule has 0 bridgehead atoms. The first-order chi connectivity index (χ1) is 10.1. The van der Waals surface area contributed by atoms with Gasteiger partial charge in [0.05, 0.1) is 5.56 Å². The van der Waals surface area contributed by atoms with E-state index in [0.717, 1.165) is 43.6 Å². The van der Waals surface area contributed by atoms with Crippen molar-refractivity contribution in [1.82, 2.24) is 9.88 Å². The van der Waals surface area contributed by atoms with Gasteiger partial charge in [0.25, 0.3) is 0 Å². The van der Waals surface area contributed by atoms with Crippen molar-refractivity contribution in [3.05, 3.63) is 23.4 Å². The summed E-state index contributed by atoms with van der Waals surface area (Å²) < 4.78 is 0. The number of aromatic nitrogens is 1. The summed E-state index contributed by atoms with van der Waals surface area (Å²) in [5, 5.41) is 9.01. The Morgan fingerprint density at radius 1 is 1.24 bits per heavy atom. The summed E-state index contributed by atoms with van der Waals surface area (Å²) in [6, 6.07) is 2.50. The van der Waals surface area contributed by atoms with Gasteiger partial charge in [0.1, 0.15) is 5.82 Å². The molecule has 2 heterocycles. The molecule has 0 atom stereocenters. The second-order valence-electron chi connectivity index (χ2n) is 6.13. The predicted molar refractivity (Wildman–Crippen MR) is 82.0 cm³/mol. The third kappa shape index (κ3) is 3.02. The quantitative estimate of drug-likeness (QED) is 0.924. The van der Waals surface area contributed by atoms with Crippen LogP contribution in [0.3, 0.4) is 0 Å². The minimum absolute atomic E-state index is 0.265. The lowest BCUT2D eigenvalue weighted by Crippen LogP contribution is -2.50. The van der Waals surface area contributed by atoms with Crippen LogP contribution in [0, 0.1) is 6.92 Å². The Balaban J connectivity index is 1.65. The Labute approximate surface area is 125 Å². The van der Waals surface area contributed by atoms with Crippen molar-refractivity contribution in [3.8, 4) is 0 Å². The summed E-state index contributed by atoms with van der Waals surface area (Å²) >= 11 is 0. The molecule has 1 aliphatic carbocycles. The summed E-state index contributed by atoms with van der Waals surface area (Å²) in [5.74, 6) is 0.0225. The highest BCUT2D eigenvalue weighted by molar-refractivity contribution is 5.87. The summed E-state index contributed by atoms with van der Waals surface area (Å²) in [7, 11) is 0. The maximum atomic E-state index is 11.0. The third-order valence-electron chi connectivity index (χ3n) is 4.75. The number of nitrogens with zero attached hydrogens (tertiary/aromatic N) is 3. The fourth-order valence-corrected chi connectivity index (χ4v) is 3.58. The van der Waals surface area contributed by atoms with Crippen LogP contribution < -0.4 is 4.90 Å². The van der Waals surface area contributed by atoms with Gasteiger partial charge < -0.3 is 10.0 Å². The van der Waals surface area contributed by atoms with E-state index in [-0.39, 0.29) is 5.56 Å². The number of carbonyl (C=O) groups is 1. The van der Waals surface area contributed by atoms with Crippen molar-refractivity contribution in [3.63, 3.8) is 0 Å². The Bertz CT molecular complexity index is 518. The zero-order valence-electron chi connectivity index (χ0n) is 12.6. The van der Waals surface area contributed by atoms with E-state index in [2.05, 4.69) is 14.8 Å². The number of hydrogen-bond donors (Lipinski definition) is 1. The molecule has 5 nitrogen and oxygen atoms in total. The van der Waals surface area contributed by atoms with Crippen LogP contribution in [0.15, 0.2) is 12.3 Å². The van der Waals surface area contributed by atoms with E-state index in [4.69, 9.17) is 5.11 Å². The van der Waals surface area contributed by atoms with Gasteiger partial charge in [-0.3, -0.25) is 4.90 Å². The second-order valence-corrected chi connectivity index (χ2v) is 6.13. The van der Waals surface area contributed by atoms with Crippen molar-refractivity contribution < 1.29 is 9.90 Å². The van der Waals surface area contributed by atoms with Crippen molar-refractivity contribution in [2.45, 2.75) is 38.6 Å². The molecule has 1 N–H and O–H groups in total. The summed E-state index contributed by atoms with van der Waals surface area (Å²) in [4.78, 5) is 20.2. The zero-order valence-corrected chi connectivity index (χ0v) is 12.6. The van der Waals surface area contributed by atoms with Gasteiger partial charge in [0.2, 0.25) is 0 Å². The average molecular weight is 289 g/mol. The molecule has 21 heavy (non-hydrogen) atoms. The molecule has 0 amide bonds. The van der Waals surface area contributed by atoms with Gasteiger partial charge in [-0.2, -0.15) is 0 Å². The molecule has 0 spiro atoms. The summed E-state index contributed by atoms with van der Waals surface area (Å²) in [5.41, 5.74) is 1.21. The minimum Gasteiger partial charge on any atom is -0.478 e. The molecule has 0 radical (unpaired) electrons. The topological polar surface area (TPSA) is 56.7 Å². The molecule has 0 aromatic carbocycles. The standard InChI is InChI=1S/C16H23N3O2/c1-12-10-13(16(20)21)11-17-15(12)19-8-6-18(7-9-19)14-4-2-3-5-14/h10-11,14H,2-9H2,1H3,(H,20,21). The molecule has 2 aliphatic rings. The first kappa shape index (κ1) is 14.3. The van der Waals surface area contributed by atoms with Crippen LogP contribution in [0.5, 0.6) is 0 Å². The van der Waals surface area contributed by atoms with Crippen LogP contribution in [0.4, 0.5) is 5.82 Å². The van der Waals surface area contributed by atoms with Crippen molar-refractivity contribution >= 4 is 11.8 Å². The molecule has 0 unspecified atom stereocenters. The van der Waals surface area contributed by atoms with Crippen LogP contribution in [0.2, 0.25) is 0 Å². The van der Waals surface area contributed by atoms with Crippen LogP contribution >= 0.6 is 0 Å². The lowest BCUT2D eigenvalue weighted by Gasteiger charge is -2.39.